The third-order valence-corrected chi connectivity index (χ3v) is 5.65. The van der Waals surface area contributed by atoms with E-state index in [1.54, 1.807) is 20.8 Å². The molecule has 0 aromatic heterocycles. The van der Waals surface area contributed by atoms with Gasteiger partial charge in [0.05, 0.1) is 28.4 Å². The Morgan fingerprint density at radius 2 is 1.76 bits per heavy atom. The molecule has 3 N–H and O–H groups in total. The fourth-order valence-electron chi connectivity index (χ4n) is 2.16. The van der Waals surface area contributed by atoms with Crippen LogP contribution in [0, 0.1) is 15.5 Å². The molecule has 1 unspecified atom stereocenters. The van der Waals surface area contributed by atoms with Crippen LogP contribution in [-0.2, 0) is 29.0 Å². The van der Waals surface area contributed by atoms with E-state index in [0.717, 1.165) is 12.1 Å². The number of non-ortho nitro benzene ring substituents is 1. The normalized spacial score (nSPS) is 12.4. The number of hydrazine groups is 1. The highest BCUT2D eigenvalue weighted by Gasteiger charge is 2.23. The number of rotatable bonds is 12. The Morgan fingerprint density at radius 3 is 2.32 bits per heavy atom. The second-order valence-electron chi connectivity index (χ2n) is 8.09. The summed E-state index contributed by atoms with van der Waals surface area (Å²) >= 11 is 0. The van der Waals surface area contributed by atoms with Crippen molar-refractivity contribution in [2.24, 2.45) is 5.41 Å². The molecule has 1 aromatic carbocycles. The molecule has 15 heteroatoms. The predicted octanol–water partition coefficient (Wildman–Crippen LogP) is 0.628. The third-order valence-electron chi connectivity index (χ3n) is 3.85. The van der Waals surface area contributed by atoms with Crippen molar-refractivity contribution in [3.8, 4) is 5.75 Å². The lowest BCUT2D eigenvalue weighted by atomic mass is 9.98. The minimum absolute atomic E-state index is 0.00959. The Hall–Kier alpha value is -3.30. The number of benzene rings is 1. The van der Waals surface area contributed by atoms with Crippen LogP contribution in [0.3, 0.4) is 0 Å². The number of hydrogen-bond donors (Lipinski definition) is 3. The number of carbonyl (C=O) groups is 3. The number of sulfone groups is 1. The molecule has 1 aromatic rings. The number of hydrogen-bond acceptors (Lipinski definition) is 12. The molecule has 14 nitrogen and oxygen atoms in total. The molecule has 34 heavy (non-hydrogen) atoms. The third kappa shape index (κ3) is 11.5. The van der Waals surface area contributed by atoms with Crippen LogP contribution >= 0.6 is 0 Å². The van der Waals surface area contributed by atoms with Crippen molar-refractivity contribution >= 4 is 33.6 Å². The van der Waals surface area contributed by atoms with E-state index in [4.69, 9.17) is 9.47 Å². The zero-order chi connectivity index (χ0) is 25.9. The molecule has 0 saturated heterocycles. The number of amides is 1. The molecule has 0 heterocycles. The van der Waals surface area contributed by atoms with Gasteiger partial charge in [0.15, 0.2) is 9.84 Å². The van der Waals surface area contributed by atoms with Crippen molar-refractivity contribution in [2.45, 2.75) is 33.8 Å². The van der Waals surface area contributed by atoms with Crippen LogP contribution in [-0.4, -0.2) is 62.1 Å². The lowest BCUT2D eigenvalue weighted by Gasteiger charge is -2.16. The zero-order valence-electron chi connectivity index (χ0n) is 19.2. The maximum absolute atomic E-state index is 12.2. The quantitative estimate of drug-likeness (QED) is 0.118. The molecule has 190 valence electrons. The van der Waals surface area contributed by atoms with Gasteiger partial charge >= 0.3 is 12.1 Å². The van der Waals surface area contributed by atoms with Gasteiger partial charge < -0.3 is 19.6 Å². The zero-order valence-corrected chi connectivity index (χ0v) is 20.0. The highest BCUT2D eigenvalue weighted by molar-refractivity contribution is 7.91. The number of nitrogens with zero attached hydrogens (tertiary/aromatic N) is 1. The van der Waals surface area contributed by atoms with E-state index in [1.165, 1.54) is 19.1 Å². The molecule has 0 radical (unpaired) electrons. The van der Waals surface area contributed by atoms with Crippen LogP contribution < -0.4 is 21.1 Å². The van der Waals surface area contributed by atoms with Gasteiger partial charge in [0.2, 0.25) is 5.91 Å². The Kier molecular flexibility index (Phi) is 10.8. The van der Waals surface area contributed by atoms with Crippen molar-refractivity contribution in [1.29, 1.82) is 0 Å². The van der Waals surface area contributed by atoms with Crippen molar-refractivity contribution in [3.63, 3.8) is 0 Å². The molecule has 0 bridgehead atoms. The Bertz CT molecular complexity index is 974. The predicted molar refractivity (Wildman–Crippen MR) is 118 cm³/mol. The standard InChI is InChI=1S/C19H28N4O10S/c1-13(31-18(26)32-15-7-5-14(6-8-15)23(27)28)12-34(29,30)10-9-20-16(24)11-21-22-33-17(25)19(2,3)4/h5-8,13,21-22H,9-12H2,1-4H3,(H,20,24). The van der Waals surface area contributed by atoms with E-state index in [1.807, 2.05) is 0 Å². The summed E-state index contributed by atoms with van der Waals surface area (Å²) in [6.07, 6.45) is -2.22. The first-order valence-electron chi connectivity index (χ1n) is 9.99. The molecular weight excluding hydrogens is 476 g/mol. The summed E-state index contributed by atoms with van der Waals surface area (Å²) in [6, 6.07) is 4.66. The minimum Gasteiger partial charge on any atom is -0.430 e. The van der Waals surface area contributed by atoms with Crippen LogP contribution in [0.25, 0.3) is 0 Å². The number of carbonyl (C=O) groups excluding carboxylic acids is 3. The molecule has 0 aliphatic heterocycles. The van der Waals surface area contributed by atoms with Gasteiger partial charge in [-0.25, -0.2) is 23.4 Å². The summed E-state index contributed by atoms with van der Waals surface area (Å²) in [4.78, 5) is 49.7. The van der Waals surface area contributed by atoms with Crippen molar-refractivity contribution in [1.82, 2.24) is 16.3 Å². The second kappa shape index (κ2) is 12.8. The first-order chi connectivity index (χ1) is 15.7. The summed E-state index contributed by atoms with van der Waals surface area (Å²) in [5, 5.41) is 13.0. The fourth-order valence-corrected chi connectivity index (χ4v) is 3.52. The summed E-state index contributed by atoms with van der Waals surface area (Å²) in [5.74, 6) is -2.02. The van der Waals surface area contributed by atoms with Crippen molar-refractivity contribution in [3.05, 3.63) is 34.4 Å². The second-order valence-corrected chi connectivity index (χ2v) is 10.3. The van der Waals surface area contributed by atoms with E-state index < -0.39 is 55.8 Å². The first kappa shape index (κ1) is 28.7. The lowest BCUT2D eigenvalue weighted by Crippen LogP contribution is -2.44. The number of ether oxygens (including phenoxy) is 2. The maximum atomic E-state index is 12.2. The van der Waals surface area contributed by atoms with Crippen molar-refractivity contribution < 1.29 is 42.0 Å². The van der Waals surface area contributed by atoms with Gasteiger partial charge in [0, 0.05) is 18.7 Å². The van der Waals surface area contributed by atoms with Crippen LogP contribution in [0.4, 0.5) is 10.5 Å². The minimum atomic E-state index is -3.69. The molecule has 1 atom stereocenters. The largest absolute Gasteiger partial charge is 0.514 e. The number of nitro benzene ring substituents is 1. The van der Waals surface area contributed by atoms with Gasteiger partial charge in [0.1, 0.15) is 11.9 Å². The number of nitrogens with one attached hydrogen (secondary N) is 3. The average Bonchev–Trinajstić information content (AvgIpc) is 2.69. The summed E-state index contributed by atoms with van der Waals surface area (Å²) < 4.78 is 34.1. The highest BCUT2D eigenvalue weighted by atomic mass is 32.2. The Balaban J connectivity index is 2.30. The highest BCUT2D eigenvalue weighted by Crippen LogP contribution is 2.18. The van der Waals surface area contributed by atoms with Crippen LogP contribution in [0.5, 0.6) is 5.75 Å². The summed E-state index contributed by atoms with van der Waals surface area (Å²) in [5.41, 5.74) is 3.57. The monoisotopic (exact) mass is 504 g/mol. The van der Waals surface area contributed by atoms with E-state index in [0.29, 0.717) is 0 Å². The molecule has 0 aliphatic rings. The van der Waals surface area contributed by atoms with Gasteiger partial charge in [-0.15, -0.1) is 0 Å². The Morgan fingerprint density at radius 1 is 1.15 bits per heavy atom. The van der Waals surface area contributed by atoms with Crippen LogP contribution in [0.2, 0.25) is 0 Å². The summed E-state index contributed by atoms with van der Waals surface area (Å²) in [7, 11) is -3.69. The van der Waals surface area contributed by atoms with Crippen LogP contribution in [0.15, 0.2) is 24.3 Å². The molecule has 0 spiro atoms. The van der Waals surface area contributed by atoms with Gasteiger partial charge in [0.25, 0.3) is 5.69 Å². The van der Waals surface area contributed by atoms with Crippen molar-refractivity contribution in [2.75, 3.05) is 24.6 Å². The Labute approximate surface area is 196 Å². The van der Waals surface area contributed by atoms with Gasteiger partial charge in [-0.2, -0.15) is 0 Å². The van der Waals surface area contributed by atoms with E-state index in [9.17, 15) is 32.9 Å². The molecular formula is C19H28N4O10S. The van der Waals surface area contributed by atoms with Crippen LogP contribution in [0.1, 0.15) is 27.7 Å². The van der Waals surface area contributed by atoms with Gasteiger partial charge in [-0.1, -0.05) is 5.59 Å². The van der Waals surface area contributed by atoms with E-state index in [-0.39, 0.29) is 24.5 Å². The van der Waals surface area contributed by atoms with E-state index in [2.05, 4.69) is 21.2 Å². The SMILES string of the molecule is CC(CS(=O)(=O)CCNC(=O)CNNOC(=O)C(C)(C)C)OC(=O)Oc1ccc([N+](=O)[O-])cc1. The smallest absolute Gasteiger partial charge is 0.430 e. The molecule has 0 aliphatic carbocycles. The molecule has 1 rings (SSSR count). The molecule has 1 amide bonds. The van der Waals surface area contributed by atoms with Gasteiger partial charge in [-0.05, 0) is 39.8 Å². The summed E-state index contributed by atoms with van der Waals surface area (Å²) in [6.45, 7) is 5.83. The molecule has 0 saturated carbocycles. The number of nitro groups is 1. The first-order valence-corrected chi connectivity index (χ1v) is 11.8. The topological polar surface area (TPSA) is 192 Å². The maximum Gasteiger partial charge on any atom is 0.514 e. The lowest BCUT2D eigenvalue weighted by molar-refractivity contribution is -0.384. The van der Waals surface area contributed by atoms with E-state index >= 15 is 0 Å². The van der Waals surface area contributed by atoms with Gasteiger partial charge in [-0.3, -0.25) is 14.9 Å². The average molecular weight is 505 g/mol. The fraction of sp³-hybridized carbons (Fsp3) is 0.526. The molecule has 0 fully saturated rings.